The number of pyridine rings is 1. The van der Waals surface area contributed by atoms with Crippen molar-refractivity contribution in [1.29, 1.82) is 0 Å². The van der Waals surface area contributed by atoms with Gasteiger partial charge in [0.1, 0.15) is 10.7 Å². The van der Waals surface area contributed by atoms with Crippen molar-refractivity contribution in [2.75, 3.05) is 6.61 Å². The fourth-order valence-corrected chi connectivity index (χ4v) is 3.60. The lowest BCUT2D eigenvalue weighted by Gasteiger charge is -2.21. The summed E-state index contributed by atoms with van der Waals surface area (Å²) < 4.78 is 7.63. The zero-order valence-electron chi connectivity index (χ0n) is 13.6. The fourth-order valence-electron chi connectivity index (χ4n) is 2.98. The maximum Gasteiger partial charge on any atom is 0.131 e. The van der Waals surface area contributed by atoms with Crippen LogP contribution >= 0.6 is 11.3 Å². The molecule has 1 atom stereocenters. The molecule has 24 heavy (non-hydrogen) atoms. The van der Waals surface area contributed by atoms with Gasteiger partial charge in [-0.15, -0.1) is 16.4 Å². The molecule has 1 aliphatic rings. The van der Waals surface area contributed by atoms with Crippen molar-refractivity contribution in [3.05, 3.63) is 35.6 Å². The summed E-state index contributed by atoms with van der Waals surface area (Å²) in [6, 6.07) is 2.10. The molecule has 0 saturated carbocycles. The normalized spacial score (nSPS) is 18.0. The van der Waals surface area contributed by atoms with Gasteiger partial charge >= 0.3 is 0 Å². The van der Waals surface area contributed by atoms with Crippen molar-refractivity contribution in [3.63, 3.8) is 0 Å². The SMILES string of the molecule is Cc1cc(-c2nccs2)cnc1-c1cn(CC2CCCCO2)nn1. The molecule has 4 rings (SSSR count). The second-order valence-corrected chi connectivity index (χ2v) is 6.94. The summed E-state index contributed by atoms with van der Waals surface area (Å²) in [7, 11) is 0. The number of ether oxygens (including phenoxy) is 1. The van der Waals surface area contributed by atoms with Crippen LogP contribution in [0.5, 0.6) is 0 Å². The standard InChI is InChI=1S/C17H19N5OS/c1-12-8-13(17-18-5-7-24-17)9-19-16(12)15-11-22(21-20-15)10-14-4-2-3-6-23-14/h5,7-9,11,14H,2-4,6,10H2,1H3. The zero-order valence-corrected chi connectivity index (χ0v) is 14.4. The zero-order chi connectivity index (χ0) is 16.4. The summed E-state index contributed by atoms with van der Waals surface area (Å²) in [6.45, 7) is 3.65. The quantitative estimate of drug-likeness (QED) is 0.728. The third-order valence-electron chi connectivity index (χ3n) is 4.20. The maximum atomic E-state index is 5.77. The van der Waals surface area contributed by atoms with Gasteiger partial charge in [0.05, 0.1) is 24.5 Å². The molecule has 0 N–H and O–H groups in total. The van der Waals surface area contributed by atoms with E-state index in [1.165, 1.54) is 6.42 Å². The number of aryl methyl sites for hydroxylation is 1. The predicted molar refractivity (Wildman–Crippen MR) is 92.7 cm³/mol. The van der Waals surface area contributed by atoms with E-state index in [2.05, 4.69) is 26.3 Å². The van der Waals surface area contributed by atoms with Crippen LogP contribution in [0.1, 0.15) is 24.8 Å². The Morgan fingerprint density at radius 3 is 3.04 bits per heavy atom. The van der Waals surface area contributed by atoms with Crippen molar-refractivity contribution in [2.24, 2.45) is 0 Å². The first-order chi connectivity index (χ1) is 11.8. The average molecular weight is 341 g/mol. The molecule has 1 aliphatic heterocycles. The minimum atomic E-state index is 0.245. The molecule has 0 radical (unpaired) electrons. The predicted octanol–water partition coefficient (Wildman–Crippen LogP) is 3.34. The van der Waals surface area contributed by atoms with Gasteiger partial charge in [-0.3, -0.25) is 4.98 Å². The molecule has 0 spiro atoms. The van der Waals surface area contributed by atoms with Crippen LogP contribution in [0.15, 0.2) is 30.0 Å². The number of aromatic nitrogens is 5. The van der Waals surface area contributed by atoms with Gasteiger partial charge in [-0.2, -0.15) is 0 Å². The lowest BCUT2D eigenvalue weighted by atomic mass is 10.1. The van der Waals surface area contributed by atoms with Gasteiger partial charge in [0.25, 0.3) is 0 Å². The Balaban J connectivity index is 1.53. The molecule has 3 aromatic rings. The molecule has 0 bridgehead atoms. The van der Waals surface area contributed by atoms with Crippen LogP contribution in [-0.2, 0) is 11.3 Å². The lowest BCUT2D eigenvalue weighted by molar-refractivity contribution is 0.00370. The van der Waals surface area contributed by atoms with Crippen molar-refractivity contribution >= 4 is 11.3 Å². The van der Waals surface area contributed by atoms with Crippen LogP contribution < -0.4 is 0 Å². The lowest BCUT2D eigenvalue weighted by Crippen LogP contribution is -2.24. The summed E-state index contributed by atoms with van der Waals surface area (Å²) in [6.07, 6.45) is 9.34. The Hall–Kier alpha value is -2.12. The minimum absolute atomic E-state index is 0.245. The van der Waals surface area contributed by atoms with E-state index in [-0.39, 0.29) is 6.10 Å². The van der Waals surface area contributed by atoms with Crippen LogP contribution in [0.25, 0.3) is 22.0 Å². The fraction of sp³-hybridized carbons (Fsp3) is 0.412. The Labute approximate surface area is 144 Å². The topological polar surface area (TPSA) is 65.7 Å². The first kappa shape index (κ1) is 15.4. The molecule has 0 amide bonds. The molecule has 1 saturated heterocycles. The summed E-state index contributed by atoms with van der Waals surface area (Å²) in [5.41, 5.74) is 3.78. The van der Waals surface area contributed by atoms with Crippen molar-refractivity contribution < 1.29 is 4.74 Å². The smallest absolute Gasteiger partial charge is 0.131 e. The third-order valence-corrected chi connectivity index (χ3v) is 5.03. The van der Waals surface area contributed by atoms with Gasteiger partial charge in [0.15, 0.2) is 0 Å². The summed E-state index contributed by atoms with van der Waals surface area (Å²) >= 11 is 1.61. The molecule has 1 fully saturated rings. The Bertz CT molecular complexity index is 808. The van der Waals surface area contributed by atoms with E-state index in [4.69, 9.17) is 4.74 Å². The van der Waals surface area contributed by atoms with Crippen molar-refractivity contribution in [2.45, 2.75) is 38.8 Å². The summed E-state index contributed by atoms with van der Waals surface area (Å²) in [4.78, 5) is 8.92. The minimum Gasteiger partial charge on any atom is -0.376 e. The van der Waals surface area contributed by atoms with Crippen LogP contribution in [0.2, 0.25) is 0 Å². The third kappa shape index (κ3) is 3.22. The van der Waals surface area contributed by atoms with E-state index in [9.17, 15) is 0 Å². The van der Waals surface area contributed by atoms with Gasteiger partial charge in [0.2, 0.25) is 0 Å². The second-order valence-electron chi connectivity index (χ2n) is 6.04. The Morgan fingerprint density at radius 1 is 1.33 bits per heavy atom. The van der Waals surface area contributed by atoms with Crippen LogP contribution in [0.3, 0.4) is 0 Å². The highest BCUT2D eigenvalue weighted by Gasteiger charge is 2.16. The molecule has 1 unspecified atom stereocenters. The highest BCUT2D eigenvalue weighted by Crippen LogP contribution is 2.26. The molecule has 3 aromatic heterocycles. The van der Waals surface area contributed by atoms with Gasteiger partial charge in [0, 0.05) is 29.9 Å². The van der Waals surface area contributed by atoms with Crippen LogP contribution in [-0.4, -0.2) is 37.7 Å². The van der Waals surface area contributed by atoms with E-state index >= 15 is 0 Å². The molecular formula is C17H19N5OS. The average Bonchev–Trinajstić information content (AvgIpc) is 3.27. The van der Waals surface area contributed by atoms with E-state index in [0.717, 1.165) is 53.5 Å². The summed E-state index contributed by atoms with van der Waals surface area (Å²) in [5.74, 6) is 0. The summed E-state index contributed by atoms with van der Waals surface area (Å²) in [5, 5.41) is 11.5. The highest BCUT2D eigenvalue weighted by atomic mass is 32.1. The Kier molecular flexibility index (Phi) is 4.36. The molecule has 0 aromatic carbocycles. The molecule has 7 heteroatoms. The van der Waals surface area contributed by atoms with Crippen LogP contribution in [0.4, 0.5) is 0 Å². The molecule has 0 aliphatic carbocycles. The van der Waals surface area contributed by atoms with E-state index in [1.54, 1.807) is 11.3 Å². The monoisotopic (exact) mass is 341 g/mol. The largest absolute Gasteiger partial charge is 0.376 e. The van der Waals surface area contributed by atoms with Crippen LogP contribution in [0, 0.1) is 6.92 Å². The number of thiazole rings is 1. The molecule has 6 nitrogen and oxygen atoms in total. The first-order valence-corrected chi connectivity index (χ1v) is 9.06. The Morgan fingerprint density at radius 2 is 2.29 bits per heavy atom. The van der Waals surface area contributed by atoms with Crippen molar-refractivity contribution in [1.82, 2.24) is 25.0 Å². The van der Waals surface area contributed by atoms with E-state index in [0.29, 0.717) is 0 Å². The van der Waals surface area contributed by atoms with Gasteiger partial charge in [-0.25, -0.2) is 9.67 Å². The number of nitrogens with zero attached hydrogens (tertiary/aromatic N) is 5. The highest BCUT2D eigenvalue weighted by molar-refractivity contribution is 7.13. The van der Waals surface area contributed by atoms with Gasteiger partial charge < -0.3 is 4.74 Å². The van der Waals surface area contributed by atoms with E-state index < -0.39 is 0 Å². The molecule has 124 valence electrons. The van der Waals surface area contributed by atoms with Gasteiger partial charge in [-0.05, 0) is 37.8 Å². The number of hydrogen-bond donors (Lipinski definition) is 0. The molecule has 4 heterocycles. The first-order valence-electron chi connectivity index (χ1n) is 8.18. The number of hydrogen-bond acceptors (Lipinski definition) is 6. The van der Waals surface area contributed by atoms with Gasteiger partial charge in [-0.1, -0.05) is 5.21 Å². The molecular weight excluding hydrogens is 322 g/mol. The van der Waals surface area contributed by atoms with Crippen molar-refractivity contribution in [3.8, 4) is 22.0 Å². The number of rotatable bonds is 4. The maximum absolute atomic E-state index is 5.77. The van der Waals surface area contributed by atoms with E-state index in [1.807, 2.05) is 35.6 Å². The second kappa shape index (κ2) is 6.78.